The minimum Gasteiger partial charge on any atom is -0.541 e. The molecule has 0 aromatic heterocycles. The molecule has 0 atom stereocenters. The van der Waals surface area contributed by atoms with Crippen LogP contribution in [0.2, 0.25) is 5.79 Å². The summed E-state index contributed by atoms with van der Waals surface area (Å²) in [5, 5.41) is 0. The monoisotopic (exact) mass is 778 g/mol. The van der Waals surface area contributed by atoms with Gasteiger partial charge in [-0.05, 0) is 6.32 Å². The molecule has 0 spiro atoms. The molecule has 0 aliphatic carbocycles. The van der Waals surface area contributed by atoms with E-state index in [0.29, 0.717) is 5.79 Å². The van der Waals surface area contributed by atoms with Gasteiger partial charge in [-0.3, -0.25) is 0 Å². The number of rotatable bonds is 9. The molecule has 4 rings (SSSR count). The molecular formula is C26H5AlB2F20O2. The molecule has 25 heteroatoms. The second-order valence-electron chi connectivity index (χ2n) is 9.91. The van der Waals surface area contributed by atoms with Crippen LogP contribution in [0.3, 0.4) is 0 Å². The maximum atomic E-state index is 14.8. The fourth-order valence-corrected chi connectivity index (χ4v) is 5.99. The van der Waals surface area contributed by atoms with Gasteiger partial charge in [-0.25, -0.2) is 87.8 Å². The molecule has 51 heavy (non-hydrogen) atoms. The Hall–Kier alpha value is -3.94. The molecule has 0 aliphatic heterocycles. The Kier molecular flexibility index (Phi) is 11.4. The van der Waals surface area contributed by atoms with Crippen LogP contribution in [0.1, 0.15) is 5.56 Å². The van der Waals surface area contributed by atoms with Gasteiger partial charge >= 0.3 is 28.6 Å². The van der Waals surface area contributed by atoms with E-state index in [2.05, 4.69) is 0 Å². The lowest BCUT2D eigenvalue weighted by molar-refractivity contribution is 0.369. The van der Waals surface area contributed by atoms with Crippen molar-refractivity contribution in [3.05, 3.63) is 122 Å². The van der Waals surface area contributed by atoms with Crippen molar-refractivity contribution in [2.75, 3.05) is 0 Å². The van der Waals surface area contributed by atoms with E-state index >= 15 is 0 Å². The molecule has 270 valence electrons. The van der Waals surface area contributed by atoms with Gasteiger partial charge in [-0.1, -0.05) is 5.79 Å². The zero-order valence-electron chi connectivity index (χ0n) is 23.8. The molecule has 4 aromatic rings. The standard InChI is InChI=1S/C13H2BF10O.C12BF10O.CH3.Al/c15-4-2(5(16)9(20)12(23)8(4)19)1-14(25)3-6(17)10(21)13(24)11(22)7(3)18;14-3-1(4(15)8(19)11(22)7(3)18)13(24)2-5(16)9(20)12(23)10(21)6(2)17;;/h1H2;;1H3;/q2*-1;;+2. The van der Waals surface area contributed by atoms with Gasteiger partial charge < -0.3 is 7.41 Å². The predicted octanol–water partition coefficient (Wildman–Crippen LogP) is 6.41. The van der Waals surface area contributed by atoms with Crippen LogP contribution in [0.5, 0.6) is 0 Å². The van der Waals surface area contributed by atoms with Crippen molar-refractivity contribution in [3.63, 3.8) is 0 Å². The summed E-state index contributed by atoms with van der Waals surface area (Å²) in [6.45, 7) is -6.95. The summed E-state index contributed by atoms with van der Waals surface area (Å²) in [4.78, 5) is 0. The van der Waals surface area contributed by atoms with E-state index in [1.54, 1.807) is 0 Å². The summed E-state index contributed by atoms with van der Waals surface area (Å²) < 4.78 is 295. The van der Waals surface area contributed by atoms with Gasteiger partial charge in [-0.15, -0.1) is 0 Å². The average Bonchev–Trinajstić information content (AvgIpc) is 3.09. The molecule has 0 heterocycles. The average molecular weight is 778 g/mol. The predicted molar refractivity (Wildman–Crippen MR) is 133 cm³/mol. The topological polar surface area (TPSA) is 18.5 Å². The fraction of sp³-hybridized carbons (Fsp3) is 0.0769. The van der Waals surface area contributed by atoms with Gasteiger partial charge in [0.05, 0.1) is 0 Å². The maximum absolute atomic E-state index is 14.8. The molecule has 0 fully saturated rings. The highest BCUT2D eigenvalue weighted by Crippen LogP contribution is 2.27. The van der Waals surface area contributed by atoms with Gasteiger partial charge in [0.1, 0.15) is 0 Å². The first-order valence-electron chi connectivity index (χ1n) is 12.9. The van der Waals surface area contributed by atoms with Gasteiger partial charge in [0.15, 0.2) is 111 Å². The summed E-state index contributed by atoms with van der Waals surface area (Å²) in [5.74, 6) is -57.7. The Morgan fingerprint density at radius 2 is 0.569 bits per heavy atom. The van der Waals surface area contributed by atoms with Crippen molar-refractivity contribution < 1.29 is 95.2 Å². The molecule has 0 radical (unpaired) electrons. The van der Waals surface area contributed by atoms with Crippen molar-refractivity contribution in [3.8, 4) is 0 Å². The number of halogens is 20. The van der Waals surface area contributed by atoms with E-state index in [4.69, 9.17) is 7.41 Å². The molecule has 0 N–H and O–H groups in total. The second kappa shape index (κ2) is 14.6. The Balaban J connectivity index is 1.97. The Bertz CT molecular complexity index is 1910. The first kappa shape index (κ1) is 39.8. The summed E-state index contributed by atoms with van der Waals surface area (Å²) in [5.41, 5.74) is -9.44. The van der Waals surface area contributed by atoms with E-state index < -0.39 is 173 Å². The van der Waals surface area contributed by atoms with Crippen LogP contribution in [0, 0.1) is 116 Å². The molecule has 0 unspecified atom stereocenters. The number of hydrogen-bond donors (Lipinski definition) is 0. The first-order valence-corrected chi connectivity index (χ1v) is 15.0. The fourth-order valence-electron chi connectivity index (χ4n) is 4.58. The summed E-state index contributed by atoms with van der Waals surface area (Å²) in [6.07, 6.45) is -2.14. The van der Waals surface area contributed by atoms with Crippen molar-refractivity contribution >= 4 is 45.0 Å². The minimum atomic E-state index is -4.81. The molecular weight excluding hydrogens is 773 g/mol. The third-order valence-corrected chi connectivity index (χ3v) is 8.32. The molecule has 0 saturated heterocycles. The van der Waals surface area contributed by atoms with Crippen LogP contribution in [0.4, 0.5) is 87.8 Å². The van der Waals surface area contributed by atoms with Crippen LogP contribution >= 0.6 is 0 Å². The van der Waals surface area contributed by atoms with Gasteiger partial charge in [0.25, 0.3) is 0 Å². The molecule has 0 saturated carbocycles. The SMILES string of the molecule is [CH3][Al]([O]B(Cc1c(F)c(F)c(F)c(F)c1F)c1c(F)c(F)c(F)c(F)c1F)[O]B(c1c(F)c(F)c(F)c(F)c1F)c1c(F)c(F)c(F)c(F)c1F. The highest BCUT2D eigenvalue weighted by atomic mass is 27.2. The van der Waals surface area contributed by atoms with E-state index in [1.807, 2.05) is 0 Å². The lowest BCUT2D eigenvalue weighted by Crippen LogP contribution is -2.56. The van der Waals surface area contributed by atoms with Crippen LogP contribution < -0.4 is 16.4 Å². The van der Waals surface area contributed by atoms with Gasteiger partial charge in [-0.2, -0.15) is 0 Å². The molecule has 0 aliphatic rings. The third kappa shape index (κ3) is 6.64. The zero-order chi connectivity index (χ0) is 38.7. The Morgan fingerprint density at radius 1 is 0.333 bits per heavy atom. The van der Waals surface area contributed by atoms with Crippen molar-refractivity contribution in [1.82, 2.24) is 0 Å². The molecule has 0 amide bonds. The second-order valence-corrected chi connectivity index (χ2v) is 11.6. The smallest absolute Gasteiger partial charge is 0.541 e. The lowest BCUT2D eigenvalue weighted by Gasteiger charge is -2.25. The first-order chi connectivity index (χ1) is 23.6. The van der Waals surface area contributed by atoms with Crippen molar-refractivity contribution in [1.29, 1.82) is 0 Å². The van der Waals surface area contributed by atoms with Crippen LogP contribution in [0.25, 0.3) is 0 Å². The molecule has 4 aromatic carbocycles. The lowest BCUT2D eigenvalue weighted by atomic mass is 9.54. The summed E-state index contributed by atoms with van der Waals surface area (Å²) >= 11 is -4.81. The van der Waals surface area contributed by atoms with E-state index in [9.17, 15) is 87.8 Å². The van der Waals surface area contributed by atoms with E-state index in [0.717, 1.165) is 0 Å². The van der Waals surface area contributed by atoms with Gasteiger partial charge in [0.2, 0.25) is 5.82 Å². The number of hydrogen-bond acceptors (Lipinski definition) is 2. The summed E-state index contributed by atoms with van der Waals surface area (Å²) in [6, 6.07) is 0. The highest BCUT2D eigenvalue weighted by Gasteiger charge is 2.45. The Morgan fingerprint density at radius 3 is 0.863 bits per heavy atom. The van der Waals surface area contributed by atoms with Crippen molar-refractivity contribution in [2.24, 2.45) is 0 Å². The third-order valence-electron chi connectivity index (χ3n) is 6.95. The van der Waals surface area contributed by atoms with Crippen LogP contribution in [-0.4, -0.2) is 28.6 Å². The summed E-state index contributed by atoms with van der Waals surface area (Å²) in [7, 11) is 0. The Labute approximate surface area is 274 Å². The van der Waals surface area contributed by atoms with E-state index in [1.165, 1.54) is 0 Å². The number of benzene rings is 4. The maximum Gasteiger partial charge on any atom is 0.640 e. The molecule has 0 bridgehead atoms. The largest absolute Gasteiger partial charge is 0.640 e. The van der Waals surface area contributed by atoms with Crippen LogP contribution in [0.15, 0.2) is 0 Å². The van der Waals surface area contributed by atoms with Crippen molar-refractivity contribution in [2.45, 2.75) is 12.1 Å². The van der Waals surface area contributed by atoms with Crippen LogP contribution in [-0.2, 0) is 13.7 Å². The quantitative estimate of drug-likeness (QED) is 0.0848. The van der Waals surface area contributed by atoms with E-state index in [-0.39, 0.29) is 0 Å². The van der Waals surface area contributed by atoms with Gasteiger partial charge in [0, 0.05) is 22.0 Å². The highest BCUT2D eigenvalue weighted by molar-refractivity contribution is 6.85. The minimum absolute atomic E-state index is 0.350. The zero-order valence-corrected chi connectivity index (χ0v) is 25.0. The molecule has 2 nitrogen and oxygen atoms in total. The normalized spacial score (nSPS) is 11.5.